The summed E-state index contributed by atoms with van der Waals surface area (Å²) in [6.07, 6.45) is -1.62. The number of thioether (sulfide) groups is 1. The maximum Gasteiger partial charge on any atom is 0.159 e. The van der Waals surface area contributed by atoms with Gasteiger partial charge < -0.3 is 30.7 Å². The zero-order valence-corrected chi connectivity index (χ0v) is 11.6. The third kappa shape index (κ3) is 3.39. The smallest absolute Gasteiger partial charge is 0.159 e. The van der Waals surface area contributed by atoms with Gasteiger partial charge >= 0.3 is 0 Å². The van der Waals surface area contributed by atoms with Crippen LogP contribution in [0.1, 0.15) is 6.42 Å². The van der Waals surface area contributed by atoms with Gasteiger partial charge in [0, 0.05) is 20.2 Å². The summed E-state index contributed by atoms with van der Waals surface area (Å²) in [6.45, 7) is 1.23. The molecular formula is C11H21N3O4S. The van der Waals surface area contributed by atoms with E-state index in [1.807, 2.05) is 0 Å². The number of ether oxygens (including phenoxy) is 1. The van der Waals surface area contributed by atoms with E-state index < -0.39 is 18.3 Å². The Morgan fingerprint density at radius 3 is 2.89 bits per heavy atom. The first-order valence-electron chi connectivity index (χ1n) is 6.40. The molecule has 0 aromatic heterocycles. The summed E-state index contributed by atoms with van der Waals surface area (Å²) in [5.74, 6) is 0. The Labute approximate surface area is 116 Å². The van der Waals surface area contributed by atoms with Crippen LogP contribution in [0.25, 0.3) is 0 Å². The number of nitrogens with zero attached hydrogens (tertiary/aromatic N) is 1. The second-order valence-corrected chi connectivity index (χ2v) is 5.71. The molecule has 0 amide bonds. The SMILES string of the molecule is CN=C1NC2C(OC(CNCCCO)C(O)C2O)S1. The Balaban J connectivity index is 1.89. The van der Waals surface area contributed by atoms with E-state index in [1.165, 1.54) is 11.8 Å². The summed E-state index contributed by atoms with van der Waals surface area (Å²) in [5, 5.41) is 35.7. The first-order chi connectivity index (χ1) is 9.17. The number of amidine groups is 1. The average Bonchev–Trinajstić information content (AvgIpc) is 2.83. The van der Waals surface area contributed by atoms with E-state index in [0.717, 1.165) is 5.17 Å². The van der Waals surface area contributed by atoms with E-state index >= 15 is 0 Å². The number of aliphatic hydroxyl groups excluding tert-OH is 3. The zero-order chi connectivity index (χ0) is 13.8. The van der Waals surface area contributed by atoms with Crippen molar-refractivity contribution in [3.63, 3.8) is 0 Å². The lowest BCUT2D eigenvalue weighted by Crippen LogP contribution is -2.60. The van der Waals surface area contributed by atoms with Crippen molar-refractivity contribution in [3.8, 4) is 0 Å². The van der Waals surface area contributed by atoms with Crippen molar-refractivity contribution < 1.29 is 20.1 Å². The molecule has 0 radical (unpaired) electrons. The fourth-order valence-corrected chi connectivity index (χ4v) is 3.31. The molecule has 110 valence electrons. The Hall–Kier alpha value is -0.380. The molecule has 2 heterocycles. The average molecular weight is 291 g/mol. The molecule has 5 unspecified atom stereocenters. The number of fused-ring (bicyclic) bond motifs is 1. The van der Waals surface area contributed by atoms with Crippen LogP contribution < -0.4 is 10.6 Å². The summed E-state index contributed by atoms with van der Waals surface area (Å²) in [5.41, 5.74) is -0.234. The Bertz CT molecular complexity index is 331. The largest absolute Gasteiger partial charge is 0.396 e. The first kappa shape index (κ1) is 15.0. The Kier molecular flexibility index (Phi) is 5.43. The van der Waals surface area contributed by atoms with Crippen LogP contribution in [0.2, 0.25) is 0 Å². The highest BCUT2D eigenvalue weighted by Crippen LogP contribution is 2.33. The molecule has 0 aromatic rings. The van der Waals surface area contributed by atoms with Gasteiger partial charge in [-0.3, -0.25) is 4.99 Å². The third-order valence-electron chi connectivity index (χ3n) is 3.28. The van der Waals surface area contributed by atoms with Gasteiger partial charge in [0.05, 0.1) is 6.04 Å². The van der Waals surface area contributed by atoms with Gasteiger partial charge in [0.1, 0.15) is 23.7 Å². The van der Waals surface area contributed by atoms with Gasteiger partial charge in [-0.2, -0.15) is 0 Å². The minimum atomic E-state index is -0.938. The first-order valence-corrected chi connectivity index (χ1v) is 7.28. The summed E-state index contributed by atoms with van der Waals surface area (Å²) >= 11 is 1.43. The second kappa shape index (κ2) is 6.87. The van der Waals surface area contributed by atoms with Crippen LogP contribution in [0.5, 0.6) is 0 Å². The maximum atomic E-state index is 10.1. The van der Waals surface area contributed by atoms with Crippen LogP contribution in [0, 0.1) is 0 Å². The van der Waals surface area contributed by atoms with Crippen LogP contribution >= 0.6 is 11.8 Å². The highest BCUT2D eigenvalue weighted by molar-refractivity contribution is 8.14. The summed E-state index contributed by atoms with van der Waals surface area (Å²) < 4.78 is 5.79. The van der Waals surface area contributed by atoms with Gasteiger partial charge in [0.15, 0.2) is 5.17 Å². The van der Waals surface area contributed by atoms with Gasteiger partial charge in [-0.05, 0) is 13.0 Å². The summed E-state index contributed by atoms with van der Waals surface area (Å²) in [4.78, 5) is 4.04. The number of aliphatic hydroxyl groups is 3. The molecule has 0 aliphatic carbocycles. The van der Waals surface area contributed by atoms with Gasteiger partial charge in [0.2, 0.25) is 0 Å². The van der Waals surface area contributed by atoms with Crippen molar-refractivity contribution in [1.82, 2.24) is 10.6 Å². The minimum absolute atomic E-state index is 0.129. The zero-order valence-electron chi connectivity index (χ0n) is 10.8. The predicted octanol–water partition coefficient (Wildman–Crippen LogP) is -1.90. The van der Waals surface area contributed by atoms with E-state index in [0.29, 0.717) is 19.5 Å². The van der Waals surface area contributed by atoms with E-state index in [-0.39, 0.29) is 18.1 Å². The predicted molar refractivity (Wildman–Crippen MR) is 73.1 cm³/mol. The van der Waals surface area contributed by atoms with Gasteiger partial charge in [-0.1, -0.05) is 11.8 Å². The summed E-state index contributed by atoms with van der Waals surface area (Å²) in [7, 11) is 1.67. The van der Waals surface area contributed by atoms with Gasteiger partial charge in [0.25, 0.3) is 0 Å². The molecule has 0 bridgehead atoms. The van der Waals surface area contributed by atoms with E-state index in [4.69, 9.17) is 9.84 Å². The lowest BCUT2D eigenvalue weighted by molar-refractivity contribution is -0.153. The van der Waals surface area contributed by atoms with Crippen LogP contribution in [-0.2, 0) is 4.74 Å². The van der Waals surface area contributed by atoms with Crippen LogP contribution in [0.15, 0.2) is 4.99 Å². The van der Waals surface area contributed by atoms with Crippen LogP contribution in [-0.4, -0.2) is 77.0 Å². The highest BCUT2D eigenvalue weighted by atomic mass is 32.2. The molecule has 5 N–H and O–H groups in total. The topological polar surface area (TPSA) is 106 Å². The van der Waals surface area contributed by atoms with Crippen molar-refractivity contribution in [1.29, 1.82) is 0 Å². The molecule has 2 aliphatic rings. The minimum Gasteiger partial charge on any atom is -0.396 e. The van der Waals surface area contributed by atoms with Crippen molar-refractivity contribution in [3.05, 3.63) is 0 Å². The molecule has 2 fully saturated rings. The fraction of sp³-hybridized carbons (Fsp3) is 0.909. The molecule has 2 rings (SSSR count). The quantitative estimate of drug-likeness (QED) is 0.377. The van der Waals surface area contributed by atoms with Crippen molar-refractivity contribution in [2.24, 2.45) is 4.99 Å². The second-order valence-electron chi connectivity index (χ2n) is 4.62. The molecule has 0 spiro atoms. The van der Waals surface area contributed by atoms with E-state index in [1.54, 1.807) is 7.05 Å². The monoisotopic (exact) mass is 291 g/mol. The molecule has 2 saturated heterocycles. The molecule has 7 nitrogen and oxygen atoms in total. The number of nitrogens with one attached hydrogen (secondary N) is 2. The lowest BCUT2D eigenvalue weighted by atomic mass is 9.98. The Morgan fingerprint density at radius 1 is 1.42 bits per heavy atom. The van der Waals surface area contributed by atoms with Gasteiger partial charge in [-0.15, -0.1) is 0 Å². The van der Waals surface area contributed by atoms with Crippen molar-refractivity contribution >= 4 is 16.9 Å². The van der Waals surface area contributed by atoms with Crippen molar-refractivity contribution in [2.45, 2.75) is 36.2 Å². The molecule has 0 aromatic carbocycles. The van der Waals surface area contributed by atoms with E-state index in [2.05, 4.69) is 15.6 Å². The highest BCUT2D eigenvalue weighted by Gasteiger charge is 2.48. The standard InChI is InChI=1S/C11H21N3O4S/c1-12-11-14-7-9(17)8(16)6(18-10(7)19-11)5-13-3-2-4-15/h6-10,13,15-17H,2-5H2,1H3,(H,12,14). The van der Waals surface area contributed by atoms with Crippen LogP contribution in [0.4, 0.5) is 0 Å². The van der Waals surface area contributed by atoms with E-state index in [9.17, 15) is 10.2 Å². The molecule has 19 heavy (non-hydrogen) atoms. The molecule has 5 atom stereocenters. The van der Waals surface area contributed by atoms with Crippen LogP contribution in [0.3, 0.4) is 0 Å². The van der Waals surface area contributed by atoms with Gasteiger partial charge in [-0.25, -0.2) is 0 Å². The number of rotatable bonds is 5. The maximum absolute atomic E-state index is 10.1. The molecule has 0 saturated carbocycles. The van der Waals surface area contributed by atoms with Crippen molar-refractivity contribution in [2.75, 3.05) is 26.7 Å². The molecular weight excluding hydrogens is 270 g/mol. The molecule has 8 heteroatoms. The summed E-state index contributed by atoms with van der Waals surface area (Å²) in [6, 6.07) is -0.326. The Morgan fingerprint density at radius 2 is 2.21 bits per heavy atom. The third-order valence-corrected chi connectivity index (χ3v) is 4.44. The number of aliphatic imine (C=N–C) groups is 1. The lowest BCUT2D eigenvalue weighted by Gasteiger charge is -2.39. The molecule has 2 aliphatic heterocycles. The number of hydrogen-bond acceptors (Lipinski definition) is 7. The number of hydrogen-bond donors (Lipinski definition) is 5. The fourth-order valence-electron chi connectivity index (χ4n) is 2.21. The normalized spacial score (nSPS) is 40.2.